The Balaban J connectivity index is 0.000001000. The number of halogens is 3. The third kappa shape index (κ3) is 2.48. The molecule has 1 rings (SSSR count). The van der Waals surface area contributed by atoms with Crippen molar-refractivity contribution >= 4 is 12.4 Å². The summed E-state index contributed by atoms with van der Waals surface area (Å²) in [4.78, 5) is 2.61. The topological polar surface area (TPSA) is 41.8 Å². The molecule has 1 atom stereocenters. The van der Waals surface area contributed by atoms with E-state index >= 15 is 0 Å². The lowest BCUT2D eigenvalue weighted by molar-refractivity contribution is 0.115. The molecule has 0 aromatic carbocycles. The lowest BCUT2D eigenvalue weighted by Crippen LogP contribution is -2.18. The number of alkyl halides is 2. The molecule has 0 saturated heterocycles. The quantitative estimate of drug-likeness (QED) is 0.718. The molecule has 0 fully saturated rings. The zero-order chi connectivity index (χ0) is 7.56. The van der Waals surface area contributed by atoms with Gasteiger partial charge in [-0.15, -0.1) is 12.4 Å². The Bertz CT molecular complexity index is 188. The number of aromatic amines is 1. The van der Waals surface area contributed by atoms with Gasteiger partial charge in [-0.1, -0.05) is 0 Å². The summed E-state index contributed by atoms with van der Waals surface area (Å²) in [6.45, 7) is 0. The standard InChI is InChI=1S/C6H8F2N2.ClH/c7-6(8)5(9)4-2-1-3-10-4;/h1-3,5-6,10H,9H2;1H/t5-;/m1./s1. The average Bonchev–Trinajstić information content (AvgIpc) is 2.36. The highest BCUT2D eigenvalue weighted by atomic mass is 35.5. The summed E-state index contributed by atoms with van der Waals surface area (Å²) in [5.74, 6) is 0. The molecule has 0 spiro atoms. The second-order valence-electron chi connectivity index (χ2n) is 1.99. The smallest absolute Gasteiger partial charge is 0.259 e. The van der Waals surface area contributed by atoms with Crippen molar-refractivity contribution in [1.29, 1.82) is 0 Å². The largest absolute Gasteiger partial charge is 0.364 e. The predicted molar refractivity (Wildman–Crippen MR) is 41.0 cm³/mol. The van der Waals surface area contributed by atoms with Gasteiger partial charge in [0.1, 0.15) is 6.04 Å². The van der Waals surface area contributed by atoms with Crippen LogP contribution in [0, 0.1) is 0 Å². The normalized spacial score (nSPS) is 12.7. The van der Waals surface area contributed by atoms with Crippen molar-refractivity contribution in [2.45, 2.75) is 12.5 Å². The molecule has 2 nitrogen and oxygen atoms in total. The van der Waals surface area contributed by atoms with Crippen LogP contribution in [0.25, 0.3) is 0 Å². The van der Waals surface area contributed by atoms with E-state index in [-0.39, 0.29) is 12.4 Å². The van der Waals surface area contributed by atoms with Gasteiger partial charge in [0.25, 0.3) is 6.43 Å². The lowest BCUT2D eigenvalue weighted by atomic mass is 10.2. The second-order valence-corrected chi connectivity index (χ2v) is 1.99. The molecular weight excluding hydrogens is 174 g/mol. The first-order chi connectivity index (χ1) is 4.72. The monoisotopic (exact) mass is 182 g/mol. The molecule has 1 aromatic heterocycles. The number of hydrogen-bond donors (Lipinski definition) is 2. The fraction of sp³-hybridized carbons (Fsp3) is 0.333. The molecule has 64 valence electrons. The van der Waals surface area contributed by atoms with E-state index in [0.717, 1.165) is 0 Å². The Kier molecular flexibility index (Phi) is 4.07. The Morgan fingerprint density at radius 1 is 1.45 bits per heavy atom. The Morgan fingerprint density at radius 3 is 2.45 bits per heavy atom. The number of aromatic nitrogens is 1. The molecule has 0 aliphatic rings. The van der Waals surface area contributed by atoms with E-state index < -0.39 is 12.5 Å². The third-order valence-electron chi connectivity index (χ3n) is 1.25. The van der Waals surface area contributed by atoms with E-state index in [2.05, 4.69) is 4.98 Å². The highest BCUT2D eigenvalue weighted by Gasteiger charge is 2.17. The predicted octanol–water partition coefficient (Wildman–Crippen LogP) is 1.70. The van der Waals surface area contributed by atoms with Crippen LogP contribution in [0.15, 0.2) is 18.3 Å². The van der Waals surface area contributed by atoms with Crippen LogP contribution in [0.5, 0.6) is 0 Å². The molecule has 1 heterocycles. The van der Waals surface area contributed by atoms with Gasteiger partial charge < -0.3 is 10.7 Å². The summed E-state index contributed by atoms with van der Waals surface area (Å²) < 4.78 is 23.7. The van der Waals surface area contributed by atoms with Gasteiger partial charge in [0, 0.05) is 11.9 Å². The number of hydrogen-bond acceptors (Lipinski definition) is 1. The van der Waals surface area contributed by atoms with Crippen LogP contribution in [-0.4, -0.2) is 11.4 Å². The van der Waals surface area contributed by atoms with Crippen LogP contribution >= 0.6 is 12.4 Å². The third-order valence-corrected chi connectivity index (χ3v) is 1.25. The second kappa shape index (κ2) is 4.31. The minimum atomic E-state index is -2.50. The fourth-order valence-corrected chi connectivity index (χ4v) is 0.687. The van der Waals surface area contributed by atoms with E-state index in [1.54, 1.807) is 12.3 Å². The van der Waals surface area contributed by atoms with Gasteiger partial charge in [-0.2, -0.15) is 0 Å². The van der Waals surface area contributed by atoms with Gasteiger partial charge in [0.15, 0.2) is 0 Å². The van der Waals surface area contributed by atoms with E-state index in [4.69, 9.17) is 5.73 Å². The summed E-state index contributed by atoms with van der Waals surface area (Å²) in [7, 11) is 0. The van der Waals surface area contributed by atoms with Gasteiger partial charge in [0.05, 0.1) is 0 Å². The summed E-state index contributed by atoms with van der Waals surface area (Å²) in [5, 5.41) is 0. The van der Waals surface area contributed by atoms with Gasteiger partial charge in [0.2, 0.25) is 0 Å². The zero-order valence-corrected chi connectivity index (χ0v) is 6.44. The molecule has 0 aliphatic carbocycles. The summed E-state index contributed by atoms with van der Waals surface area (Å²) >= 11 is 0. The number of H-pyrrole nitrogens is 1. The van der Waals surface area contributed by atoms with Crippen LogP contribution in [-0.2, 0) is 0 Å². The maximum atomic E-state index is 11.8. The van der Waals surface area contributed by atoms with Crippen molar-refractivity contribution in [3.05, 3.63) is 24.0 Å². The van der Waals surface area contributed by atoms with Gasteiger partial charge in [-0.05, 0) is 12.1 Å². The van der Waals surface area contributed by atoms with Crippen molar-refractivity contribution in [2.75, 3.05) is 0 Å². The highest BCUT2D eigenvalue weighted by molar-refractivity contribution is 5.85. The van der Waals surface area contributed by atoms with Crippen LogP contribution < -0.4 is 5.73 Å². The van der Waals surface area contributed by atoms with E-state index in [1.165, 1.54) is 6.07 Å². The van der Waals surface area contributed by atoms with Crippen LogP contribution in [0.3, 0.4) is 0 Å². The molecule has 0 bridgehead atoms. The van der Waals surface area contributed by atoms with Crippen LogP contribution in [0.1, 0.15) is 11.7 Å². The van der Waals surface area contributed by atoms with Crippen molar-refractivity contribution < 1.29 is 8.78 Å². The maximum absolute atomic E-state index is 11.8. The first kappa shape index (κ1) is 10.4. The Hall–Kier alpha value is -0.610. The first-order valence-corrected chi connectivity index (χ1v) is 2.89. The minimum Gasteiger partial charge on any atom is -0.364 e. The van der Waals surface area contributed by atoms with E-state index in [9.17, 15) is 8.78 Å². The molecule has 0 aliphatic heterocycles. The van der Waals surface area contributed by atoms with Crippen molar-refractivity contribution in [3.63, 3.8) is 0 Å². The molecule has 0 radical (unpaired) electrons. The van der Waals surface area contributed by atoms with Gasteiger partial charge in [-0.25, -0.2) is 8.78 Å². The summed E-state index contributed by atoms with van der Waals surface area (Å²) in [6, 6.07) is 1.99. The summed E-state index contributed by atoms with van der Waals surface area (Å²) in [6.07, 6.45) is -0.934. The van der Waals surface area contributed by atoms with Crippen molar-refractivity contribution in [3.8, 4) is 0 Å². The summed E-state index contributed by atoms with van der Waals surface area (Å²) in [5.41, 5.74) is 5.47. The van der Waals surface area contributed by atoms with Crippen molar-refractivity contribution in [2.24, 2.45) is 5.73 Å². The maximum Gasteiger partial charge on any atom is 0.259 e. The Morgan fingerprint density at radius 2 is 2.09 bits per heavy atom. The number of rotatable bonds is 2. The Labute approximate surface area is 69.2 Å². The molecule has 11 heavy (non-hydrogen) atoms. The van der Waals surface area contributed by atoms with Gasteiger partial charge >= 0.3 is 0 Å². The number of nitrogens with one attached hydrogen (secondary N) is 1. The fourth-order valence-electron chi connectivity index (χ4n) is 0.687. The van der Waals surface area contributed by atoms with Gasteiger partial charge in [-0.3, -0.25) is 0 Å². The number of nitrogens with two attached hydrogens (primary N) is 1. The molecule has 0 unspecified atom stereocenters. The highest BCUT2D eigenvalue weighted by Crippen LogP contribution is 2.14. The van der Waals surface area contributed by atoms with E-state index in [1.807, 2.05) is 0 Å². The zero-order valence-electron chi connectivity index (χ0n) is 5.63. The molecule has 5 heteroatoms. The molecule has 3 N–H and O–H groups in total. The molecule has 0 amide bonds. The minimum absolute atomic E-state index is 0. The average molecular weight is 183 g/mol. The molecular formula is C6H9ClF2N2. The lowest BCUT2D eigenvalue weighted by Gasteiger charge is -2.06. The van der Waals surface area contributed by atoms with E-state index in [0.29, 0.717) is 5.69 Å². The van der Waals surface area contributed by atoms with Crippen LogP contribution in [0.2, 0.25) is 0 Å². The van der Waals surface area contributed by atoms with Crippen molar-refractivity contribution in [1.82, 2.24) is 4.98 Å². The first-order valence-electron chi connectivity index (χ1n) is 2.89. The molecule has 0 saturated carbocycles. The van der Waals surface area contributed by atoms with Crippen LogP contribution in [0.4, 0.5) is 8.78 Å². The molecule has 1 aromatic rings. The SMILES string of the molecule is Cl.N[C@H](c1ccc[nH]1)C(F)F.